The fourth-order valence-electron chi connectivity index (χ4n) is 1.58. The van der Waals surface area contributed by atoms with E-state index in [1.807, 2.05) is 6.92 Å². The third kappa shape index (κ3) is 2.93. The standard InChI is InChI=1S/C10H21NO2/c1-3-11(9-4-5-9)6-10(2,7-12)8-13/h9,12-13H,3-8H2,1-2H3. The first kappa shape index (κ1) is 11.0. The Morgan fingerprint density at radius 2 is 1.85 bits per heavy atom. The Balaban J connectivity index is 2.42. The molecule has 13 heavy (non-hydrogen) atoms. The molecule has 0 spiro atoms. The van der Waals surface area contributed by atoms with Crippen molar-refractivity contribution in [3.8, 4) is 0 Å². The van der Waals surface area contributed by atoms with E-state index in [0.717, 1.165) is 13.1 Å². The molecule has 0 aromatic carbocycles. The Morgan fingerprint density at radius 3 is 2.15 bits per heavy atom. The maximum atomic E-state index is 9.15. The number of nitrogens with zero attached hydrogens (tertiary/aromatic N) is 1. The third-order valence-electron chi connectivity index (χ3n) is 2.82. The summed E-state index contributed by atoms with van der Waals surface area (Å²) in [5, 5.41) is 18.3. The topological polar surface area (TPSA) is 43.7 Å². The quantitative estimate of drug-likeness (QED) is 0.635. The maximum Gasteiger partial charge on any atom is 0.0519 e. The summed E-state index contributed by atoms with van der Waals surface area (Å²) >= 11 is 0. The van der Waals surface area contributed by atoms with Crippen LogP contribution in [0.25, 0.3) is 0 Å². The van der Waals surface area contributed by atoms with Crippen molar-refractivity contribution in [3.63, 3.8) is 0 Å². The van der Waals surface area contributed by atoms with Crippen LogP contribution in [0.15, 0.2) is 0 Å². The van der Waals surface area contributed by atoms with Gasteiger partial charge in [-0.05, 0) is 19.4 Å². The Morgan fingerprint density at radius 1 is 1.31 bits per heavy atom. The second-order valence-electron chi connectivity index (χ2n) is 4.42. The van der Waals surface area contributed by atoms with Gasteiger partial charge in [0.1, 0.15) is 0 Å². The van der Waals surface area contributed by atoms with Gasteiger partial charge in [-0.25, -0.2) is 0 Å². The van der Waals surface area contributed by atoms with Crippen LogP contribution >= 0.6 is 0 Å². The van der Waals surface area contributed by atoms with E-state index in [9.17, 15) is 0 Å². The SMILES string of the molecule is CCN(CC(C)(CO)CO)C1CC1. The molecule has 2 N–H and O–H groups in total. The molecule has 78 valence electrons. The highest BCUT2D eigenvalue weighted by Gasteiger charge is 2.33. The molecule has 3 nitrogen and oxygen atoms in total. The van der Waals surface area contributed by atoms with Gasteiger partial charge in [-0.1, -0.05) is 13.8 Å². The molecule has 0 saturated heterocycles. The minimum atomic E-state index is -0.335. The van der Waals surface area contributed by atoms with E-state index >= 15 is 0 Å². The average molecular weight is 187 g/mol. The molecular formula is C10H21NO2. The molecule has 0 bridgehead atoms. The van der Waals surface area contributed by atoms with E-state index in [0.29, 0.717) is 6.04 Å². The van der Waals surface area contributed by atoms with Crippen molar-refractivity contribution in [1.82, 2.24) is 4.90 Å². The van der Waals surface area contributed by atoms with Crippen molar-refractivity contribution in [3.05, 3.63) is 0 Å². The molecule has 1 fully saturated rings. The molecule has 3 heteroatoms. The van der Waals surface area contributed by atoms with E-state index in [4.69, 9.17) is 10.2 Å². The van der Waals surface area contributed by atoms with Crippen LogP contribution in [0.3, 0.4) is 0 Å². The van der Waals surface area contributed by atoms with Gasteiger partial charge in [-0.15, -0.1) is 0 Å². The smallest absolute Gasteiger partial charge is 0.0519 e. The molecular weight excluding hydrogens is 166 g/mol. The normalized spacial score (nSPS) is 18.2. The number of rotatable bonds is 6. The van der Waals surface area contributed by atoms with Crippen LogP contribution in [0.5, 0.6) is 0 Å². The molecule has 0 radical (unpaired) electrons. The molecule has 0 atom stereocenters. The van der Waals surface area contributed by atoms with Crippen molar-refractivity contribution >= 4 is 0 Å². The number of aliphatic hydroxyl groups is 2. The van der Waals surface area contributed by atoms with E-state index in [2.05, 4.69) is 11.8 Å². The van der Waals surface area contributed by atoms with Gasteiger partial charge >= 0.3 is 0 Å². The van der Waals surface area contributed by atoms with Gasteiger partial charge in [0.15, 0.2) is 0 Å². The van der Waals surface area contributed by atoms with Crippen LogP contribution < -0.4 is 0 Å². The molecule has 0 aliphatic heterocycles. The van der Waals surface area contributed by atoms with Crippen LogP contribution in [0.2, 0.25) is 0 Å². The highest BCUT2D eigenvalue weighted by atomic mass is 16.3. The Labute approximate surface area is 80.4 Å². The summed E-state index contributed by atoms with van der Waals surface area (Å²) in [7, 11) is 0. The summed E-state index contributed by atoms with van der Waals surface area (Å²) in [5.74, 6) is 0. The lowest BCUT2D eigenvalue weighted by atomic mass is 9.92. The summed E-state index contributed by atoms with van der Waals surface area (Å²) in [6.45, 7) is 6.01. The number of hydrogen-bond donors (Lipinski definition) is 2. The zero-order valence-electron chi connectivity index (χ0n) is 8.66. The van der Waals surface area contributed by atoms with Crippen molar-refractivity contribution in [2.75, 3.05) is 26.3 Å². The maximum absolute atomic E-state index is 9.15. The largest absolute Gasteiger partial charge is 0.396 e. The van der Waals surface area contributed by atoms with Crippen LogP contribution in [-0.4, -0.2) is 47.5 Å². The van der Waals surface area contributed by atoms with Crippen molar-refractivity contribution in [2.45, 2.75) is 32.7 Å². The fraction of sp³-hybridized carbons (Fsp3) is 1.00. The summed E-state index contributed by atoms with van der Waals surface area (Å²) < 4.78 is 0. The lowest BCUT2D eigenvalue weighted by Gasteiger charge is -2.32. The molecule has 0 aromatic rings. The summed E-state index contributed by atoms with van der Waals surface area (Å²) in [6, 6.07) is 0.711. The highest BCUT2D eigenvalue weighted by molar-refractivity contribution is 4.87. The minimum absolute atomic E-state index is 0.0622. The van der Waals surface area contributed by atoms with Gasteiger partial charge in [0.2, 0.25) is 0 Å². The Bertz CT molecular complexity index is 153. The molecule has 0 unspecified atom stereocenters. The predicted molar refractivity (Wildman–Crippen MR) is 52.5 cm³/mol. The molecule has 0 aromatic heterocycles. The van der Waals surface area contributed by atoms with Gasteiger partial charge < -0.3 is 10.2 Å². The lowest BCUT2D eigenvalue weighted by Crippen LogP contribution is -2.41. The van der Waals surface area contributed by atoms with Crippen molar-refractivity contribution in [2.24, 2.45) is 5.41 Å². The molecule has 1 rings (SSSR count). The molecule has 1 aliphatic carbocycles. The summed E-state index contributed by atoms with van der Waals surface area (Å²) in [6.07, 6.45) is 2.56. The minimum Gasteiger partial charge on any atom is -0.396 e. The predicted octanol–water partition coefficient (Wildman–Crippen LogP) is 0.462. The van der Waals surface area contributed by atoms with E-state index in [-0.39, 0.29) is 18.6 Å². The lowest BCUT2D eigenvalue weighted by molar-refractivity contribution is 0.0342. The Kier molecular flexibility index (Phi) is 3.71. The van der Waals surface area contributed by atoms with Gasteiger partial charge in [-0.2, -0.15) is 0 Å². The van der Waals surface area contributed by atoms with E-state index in [1.54, 1.807) is 0 Å². The zero-order valence-corrected chi connectivity index (χ0v) is 8.66. The molecule has 1 aliphatic rings. The second-order valence-corrected chi connectivity index (χ2v) is 4.42. The average Bonchev–Trinajstić information content (AvgIpc) is 2.97. The number of hydrogen-bond acceptors (Lipinski definition) is 3. The highest BCUT2D eigenvalue weighted by Crippen LogP contribution is 2.29. The van der Waals surface area contributed by atoms with Crippen LogP contribution in [0.1, 0.15) is 26.7 Å². The van der Waals surface area contributed by atoms with Crippen LogP contribution in [-0.2, 0) is 0 Å². The first-order chi connectivity index (χ1) is 6.15. The van der Waals surface area contributed by atoms with Gasteiger partial charge in [0.05, 0.1) is 13.2 Å². The van der Waals surface area contributed by atoms with Gasteiger partial charge in [0.25, 0.3) is 0 Å². The van der Waals surface area contributed by atoms with Crippen molar-refractivity contribution in [1.29, 1.82) is 0 Å². The third-order valence-corrected chi connectivity index (χ3v) is 2.82. The zero-order chi connectivity index (χ0) is 9.90. The van der Waals surface area contributed by atoms with Crippen molar-refractivity contribution < 1.29 is 10.2 Å². The van der Waals surface area contributed by atoms with E-state index < -0.39 is 0 Å². The second kappa shape index (κ2) is 4.40. The monoisotopic (exact) mass is 187 g/mol. The number of aliphatic hydroxyl groups excluding tert-OH is 2. The Hall–Kier alpha value is -0.120. The first-order valence-electron chi connectivity index (χ1n) is 5.11. The van der Waals surface area contributed by atoms with Gasteiger partial charge in [-0.3, -0.25) is 4.90 Å². The molecule has 0 heterocycles. The van der Waals surface area contributed by atoms with Crippen LogP contribution in [0, 0.1) is 5.41 Å². The molecule has 0 amide bonds. The van der Waals surface area contributed by atoms with Crippen LogP contribution in [0.4, 0.5) is 0 Å². The first-order valence-corrected chi connectivity index (χ1v) is 5.11. The summed E-state index contributed by atoms with van der Waals surface area (Å²) in [5.41, 5.74) is -0.335. The summed E-state index contributed by atoms with van der Waals surface area (Å²) in [4.78, 5) is 2.35. The molecule has 1 saturated carbocycles. The van der Waals surface area contributed by atoms with E-state index in [1.165, 1.54) is 12.8 Å². The van der Waals surface area contributed by atoms with Gasteiger partial charge in [0, 0.05) is 18.0 Å². The fourth-order valence-corrected chi connectivity index (χ4v) is 1.58.